The van der Waals surface area contributed by atoms with E-state index in [1.807, 2.05) is 24.3 Å². The van der Waals surface area contributed by atoms with Gasteiger partial charge < -0.3 is 0 Å². The first-order valence-electron chi connectivity index (χ1n) is 4.59. The van der Waals surface area contributed by atoms with Gasteiger partial charge >= 0.3 is 0 Å². The molecule has 0 bridgehead atoms. The van der Waals surface area contributed by atoms with Crippen LogP contribution < -0.4 is 0 Å². The Labute approximate surface area is 112 Å². The van der Waals surface area contributed by atoms with Crippen LogP contribution in [0.25, 0.3) is 0 Å². The van der Waals surface area contributed by atoms with E-state index in [0.717, 1.165) is 20.8 Å². The van der Waals surface area contributed by atoms with Gasteiger partial charge in [-0.2, -0.15) is 0 Å². The Kier molecular flexibility index (Phi) is 4.21. The van der Waals surface area contributed by atoms with Crippen molar-refractivity contribution in [2.45, 2.75) is 10.8 Å². The second-order valence-electron chi connectivity index (χ2n) is 3.09. The number of hydrogen-bond acceptors (Lipinski definition) is 3. The van der Waals surface area contributed by atoms with Gasteiger partial charge in [-0.15, -0.1) is 11.8 Å². The minimum atomic E-state index is 0.530. The van der Waals surface area contributed by atoms with E-state index in [0.29, 0.717) is 5.15 Å². The molecule has 2 aromatic heterocycles. The van der Waals surface area contributed by atoms with E-state index in [1.54, 1.807) is 24.2 Å². The molecule has 0 saturated heterocycles. The molecule has 0 fully saturated rings. The number of aromatic nitrogens is 2. The summed E-state index contributed by atoms with van der Waals surface area (Å²) >= 11 is 10.8. The van der Waals surface area contributed by atoms with E-state index in [4.69, 9.17) is 11.6 Å². The summed E-state index contributed by atoms with van der Waals surface area (Å²) in [4.78, 5) is 8.22. The zero-order chi connectivity index (χ0) is 11.4. The number of thioether (sulfide) groups is 1. The van der Waals surface area contributed by atoms with Crippen LogP contribution in [0.4, 0.5) is 0 Å². The molecule has 0 radical (unpaired) electrons. The fraction of sp³-hybridized carbons (Fsp3) is 0.0909. The molecule has 2 aromatic rings. The van der Waals surface area contributed by atoms with Crippen LogP contribution in [0.3, 0.4) is 0 Å². The average Bonchev–Trinajstić information content (AvgIpc) is 2.28. The fourth-order valence-corrected chi connectivity index (χ4v) is 2.35. The van der Waals surface area contributed by atoms with Gasteiger partial charge in [-0.25, -0.2) is 9.97 Å². The molecular formula is C11H8BrClN2S. The van der Waals surface area contributed by atoms with Crippen molar-refractivity contribution in [3.8, 4) is 0 Å². The van der Waals surface area contributed by atoms with E-state index in [2.05, 4.69) is 25.9 Å². The Hall–Kier alpha value is -0.580. The molecular weight excluding hydrogens is 308 g/mol. The Morgan fingerprint density at radius 2 is 2.12 bits per heavy atom. The molecule has 0 atom stereocenters. The van der Waals surface area contributed by atoms with Crippen LogP contribution in [0.1, 0.15) is 5.56 Å². The number of pyridine rings is 2. The van der Waals surface area contributed by atoms with Gasteiger partial charge in [0.15, 0.2) is 0 Å². The van der Waals surface area contributed by atoms with E-state index < -0.39 is 0 Å². The molecule has 82 valence electrons. The Balaban J connectivity index is 1.99. The maximum Gasteiger partial charge on any atom is 0.129 e. The summed E-state index contributed by atoms with van der Waals surface area (Å²) in [6, 6.07) is 7.79. The van der Waals surface area contributed by atoms with Gasteiger partial charge in [0.2, 0.25) is 0 Å². The van der Waals surface area contributed by atoms with Crippen molar-refractivity contribution in [3.05, 3.63) is 51.8 Å². The molecule has 0 amide bonds. The molecule has 0 spiro atoms. The summed E-state index contributed by atoms with van der Waals surface area (Å²) in [6.07, 6.45) is 3.51. The third-order valence-corrected chi connectivity index (χ3v) is 3.57. The minimum absolute atomic E-state index is 0.530. The smallest absolute Gasteiger partial charge is 0.129 e. The van der Waals surface area contributed by atoms with Gasteiger partial charge in [0, 0.05) is 22.6 Å². The van der Waals surface area contributed by atoms with Gasteiger partial charge in [0.1, 0.15) is 5.15 Å². The third kappa shape index (κ3) is 3.47. The zero-order valence-corrected chi connectivity index (χ0v) is 11.4. The lowest BCUT2D eigenvalue weighted by molar-refractivity contribution is 1.12. The van der Waals surface area contributed by atoms with Gasteiger partial charge in [-0.05, 0) is 45.8 Å². The molecule has 5 heteroatoms. The predicted octanol–water partition coefficient (Wildman–Crippen LogP) is 4.18. The molecule has 0 N–H and O–H groups in total. The first kappa shape index (κ1) is 11.9. The first-order valence-corrected chi connectivity index (χ1v) is 6.74. The van der Waals surface area contributed by atoms with Crippen LogP contribution in [0.5, 0.6) is 0 Å². The Bertz CT molecular complexity index is 476. The highest BCUT2D eigenvalue weighted by Crippen LogP contribution is 2.22. The van der Waals surface area contributed by atoms with E-state index in [9.17, 15) is 0 Å². The molecule has 0 saturated carbocycles. The molecule has 0 aliphatic rings. The maximum atomic E-state index is 5.81. The normalized spacial score (nSPS) is 10.4. The van der Waals surface area contributed by atoms with Crippen molar-refractivity contribution >= 4 is 39.3 Å². The van der Waals surface area contributed by atoms with Crippen molar-refractivity contribution in [2.75, 3.05) is 0 Å². The van der Waals surface area contributed by atoms with Crippen LogP contribution in [0.2, 0.25) is 5.15 Å². The highest BCUT2D eigenvalue weighted by molar-refractivity contribution is 9.10. The van der Waals surface area contributed by atoms with Crippen LogP contribution in [0, 0.1) is 0 Å². The summed E-state index contributed by atoms with van der Waals surface area (Å²) in [7, 11) is 0. The SMILES string of the molecule is Clc1cc(CSc2ccc(Br)cn2)ccn1. The lowest BCUT2D eigenvalue weighted by Crippen LogP contribution is -1.84. The summed E-state index contributed by atoms with van der Waals surface area (Å²) in [5, 5.41) is 1.53. The fourth-order valence-electron chi connectivity index (χ4n) is 1.14. The van der Waals surface area contributed by atoms with E-state index in [1.165, 1.54) is 0 Å². The van der Waals surface area contributed by atoms with Gasteiger partial charge in [-0.3, -0.25) is 0 Å². The van der Waals surface area contributed by atoms with Gasteiger partial charge in [0.25, 0.3) is 0 Å². The molecule has 0 aliphatic heterocycles. The Morgan fingerprint density at radius 1 is 1.25 bits per heavy atom. The van der Waals surface area contributed by atoms with E-state index >= 15 is 0 Å². The number of halogens is 2. The zero-order valence-electron chi connectivity index (χ0n) is 8.23. The van der Waals surface area contributed by atoms with Crippen LogP contribution in [-0.4, -0.2) is 9.97 Å². The number of hydrogen-bond donors (Lipinski definition) is 0. The monoisotopic (exact) mass is 314 g/mol. The first-order chi connectivity index (χ1) is 7.74. The highest BCUT2D eigenvalue weighted by atomic mass is 79.9. The third-order valence-electron chi connectivity index (χ3n) is 1.88. The van der Waals surface area contributed by atoms with Crippen molar-refractivity contribution in [2.24, 2.45) is 0 Å². The molecule has 16 heavy (non-hydrogen) atoms. The number of nitrogens with zero attached hydrogens (tertiary/aromatic N) is 2. The van der Waals surface area contributed by atoms with E-state index in [-0.39, 0.29) is 0 Å². The molecule has 2 heterocycles. The largest absolute Gasteiger partial charge is 0.249 e. The van der Waals surface area contributed by atoms with Crippen molar-refractivity contribution in [1.82, 2.24) is 9.97 Å². The average molecular weight is 316 g/mol. The predicted molar refractivity (Wildman–Crippen MR) is 70.7 cm³/mol. The summed E-state index contributed by atoms with van der Waals surface area (Å²) in [5.41, 5.74) is 1.15. The Morgan fingerprint density at radius 3 is 2.81 bits per heavy atom. The van der Waals surface area contributed by atoms with Crippen LogP contribution in [0.15, 0.2) is 46.2 Å². The minimum Gasteiger partial charge on any atom is -0.249 e. The second kappa shape index (κ2) is 5.66. The summed E-state index contributed by atoms with van der Waals surface area (Å²) in [5.74, 6) is 0.844. The van der Waals surface area contributed by atoms with Crippen molar-refractivity contribution in [3.63, 3.8) is 0 Å². The molecule has 2 nitrogen and oxygen atoms in total. The van der Waals surface area contributed by atoms with Gasteiger partial charge in [0.05, 0.1) is 5.03 Å². The van der Waals surface area contributed by atoms with Crippen molar-refractivity contribution < 1.29 is 0 Å². The standard InChI is InChI=1S/C11H8BrClN2S/c12-9-1-2-11(15-6-9)16-7-8-3-4-14-10(13)5-8/h1-6H,7H2. The maximum absolute atomic E-state index is 5.81. The lowest BCUT2D eigenvalue weighted by Gasteiger charge is -2.01. The van der Waals surface area contributed by atoms with Crippen LogP contribution >= 0.6 is 39.3 Å². The quantitative estimate of drug-likeness (QED) is 0.627. The van der Waals surface area contributed by atoms with Crippen LogP contribution in [-0.2, 0) is 5.75 Å². The summed E-state index contributed by atoms with van der Waals surface area (Å²) in [6.45, 7) is 0. The molecule has 0 unspecified atom stereocenters. The summed E-state index contributed by atoms with van der Waals surface area (Å²) < 4.78 is 0.990. The lowest BCUT2D eigenvalue weighted by atomic mass is 10.3. The molecule has 0 aromatic carbocycles. The van der Waals surface area contributed by atoms with Crippen molar-refractivity contribution in [1.29, 1.82) is 0 Å². The van der Waals surface area contributed by atoms with Gasteiger partial charge in [-0.1, -0.05) is 11.6 Å². The molecule has 2 rings (SSSR count). The topological polar surface area (TPSA) is 25.8 Å². The second-order valence-corrected chi connectivity index (χ2v) is 5.39. The molecule has 0 aliphatic carbocycles. The number of rotatable bonds is 3. The highest BCUT2D eigenvalue weighted by Gasteiger charge is 1.99.